The minimum Gasteiger partial charge on any atom is -0.431 e. The van der Waals surface area contributed by atoms with Gasteiger partial charge in [-0.25, -0.2) is 9.59 Å². The van der Waals surface area contributed by atoms with Gasteiger partial charge in [-0.2, -0.15) is 0 Å². The van der Waals surface area contributed by atoms with Gasteiger partial charge in [0.05, 0.1) is 12.5 Å². The molecule has 8 nitrogen and oxygen atoms in total. The number of nitrogens with zero attached hydrogens (tertiary/aromatic N) is 1. The Morgan fingerprint density at radius 2 is 1.42 bits per heavy atom. The molecule has 0 bridgehead atoms. The summed E-state index contributed by atoms with van der Waals surface area (Å²) in [4.78, 5) is 61.0. The topological polar surface area (TPSA) is 107 Å². The van der Waals surface area contributed by atoms with Crippen molar-refractivity contribution >= 4 is 29.4 Å². The SMILES string of the molecule is O=C1/C=C\C=C/OC(=O)C2=CC=CCN2C(=O)C(=O)/C=C\C=C/C(=O)O/C=C\C=C/C1. The monoisotopic (exact) mass is 421 g/mol. The maximum atomic E-state index is 12.4. The molecule has 2 aliphatic heterocycles. The average Bonchev–Trinajstić information content (AvgIpc) is 2.77. The van der Waals surface area contributed by atoms with Crippen LogP contribution in [0, 0.1) is 0 Å². The average molecular weight is 421 g/mol. The summed E-state index contributed by atoms with van der Waals surface area (Å²) in [5.74, 6) is -3.58. The molecule has 0 unspecified atom stereocenters. The Morgan fingerprint density at radius 1 is 0.710 bits per heavy atom. The second-order valence-corrected chi connectivity index (χ2v) is 5.94. The Morgan fingerprint density at radius 3 is 2.26 bits per heavy atom. The van der Waals surface area contributed by atoms with Crippen LogP contribution in [0.2, 0.25) is 0 Å². The number of cyclic esters (lactones) is 2. The molecule has 8 heteroatoms. The highest BCUT2D eigenvalue weighted by Crippen LogP contribution is 2.13. The van der Waals surface area contributed by atoms with Crippen molar-refractivity contribution in [2.24, 2.45) is 0 Å². The van der Waals surface area contributed by atoms with Crippen molar-refractivity contribution < 1.29 is 33.4 Å². The van der Waals surface area contributed by atoms with E-state index in [1.54, 1.807) is 18.2 Å². The number of allylic oxidation sites excluding steroid dienone is 10. The Labute approximate surface area is 178 Å². The van der Waals surface area contributed by atoms with Crippen LogP contribution < -0.4 is 0 Å². The lowest BCUT2D eigenvalue weighted by atomic mass is 10.2. The number of amides is 1. The van der Waals surface area contributed by atoms with Crippen LogP contribution in [0.5, 0.6) is 0 Å². The summed E-state index contributed by atoms with van der Waals surface area (Å²) in [5, 5.41) is 0. The Hall–Kier alpha value is -4.33. The summed E-state index contributed by atoms with van der Waals surface area (Å²) >= 11 is 0. The minimum absolute atomic E-state index is 0.0134. The second kappa shape index (κ2) is 12.3. The van der Waals surface area contributed by atoms with Crippen LogP contribution >= 0.6 is 0 Å². The molecule has 0 atom stereocenters. The molecule has 0 aromatic carbocycles. The number of carbonyl (C=O) groups excluding carboxylic acids is 5. The number of esters is 2. The van der Waals surface area contributed by atoms with Gasteiger partial charge in [0, 0.05) is 19.0 Å². The van der Waals surface area contributed by atoms with Crippen molar-refractivity contribution in [2.45, 2.75) is 6.42 Å². The van der Waals surface area contributed by atoms with Gasteiger partial charge < -0.3 is 9.47 Å². The van der Waals surface area contributed by atoms with E-state index in [-0.39, 0.29) is 24.4 Å². The van der Waals surface area contributed by atoms with Crippen molar-refractivity contribution in [3.8, 4) is 0 Å². The van der Waals surface area contributed by atoms with Crippen molar-refractivity contribution in [3.05, 3.63) is 97.2 Å². The van der Waals surface area contributed by atoms with Crippen molar-refractivity contribution in [3.63, 3.8) is 0 Å². The molecule has 31 heavy (non-hydrogen) atoms. The first kappa shape index (κ1) is 23.0. The normalized spacial score (nSPS) is 25.0. The van der Waals surface area contributed by atoms with Gasteiger partial charge in [-0.05, 0) is 30.4 Å². The number of rotatable bonds is 0. The predicted molar refractivity (Wildman–Crippen MR) is 111 cm³/mol. The van der Waals surface area contributed by atoms with Crippen LogP contribution in [0.4, 0.5) is 0 Å². The number of hydrogen-bond acceptors (Lipinski definition) is 7. The maximum absolute atomic E-state index is 12.4. The summed E-state index contributed by atoms with van der Waals surface area (Å²) < 4.78 is 9.75. The molecule has 1 amide bonds. The molecule has 0 N–H and O–H groups in total. The molecule has 0 fully saturated rings. The molecule has 0 aliphatic carbocycles. The van der Waals surface area contributed by atoms with E-state index >= 15 is 0 Å². The Balaban J connectivity index is 2.21. The largest absolute Gasteiger partial charge is 0.431 e. The molecule has 2 heterocycles. The van der Waals surface area contributed by atoms with E-state index < -0.39 is 23.6 Å². The van der Waals surface area contributed by atoms with Gasteiger partial charge in [-0.3, -0.25) is 19.3 Å². The smallest absolute Gasteiger partial charge is 0.359 e. The summed E-state index contributed by atoms with van der Waals surface area (Å²) in [6, 6.07) is 0. The van der Waals surface area contributed by atoms with E-state index in [2.05, 4.69) is 0 Å². The molecule has 158 valence electrons. The lowest BCUT2D eigenvalue weighted by molar-refractivity contribution is -0.144. The van der Waals surface area contributed by atoms with Gasteiger partial charge in [-0.1, -0.05) is 42.5 Å². The Bertz CT molecular complexity index is 987. The number of ether oxygens (including phenoxy) is 2. The fourth-order valence-electron chi connectivity index (χ4n) is 2.26. The van der Waals surface area contributed by atoms with E-state index in [0.29, 0.717) is 0 Å². The molecule has 0 saturated carbocycles. The summed E-state index contributed by atoms with van der Waals surface area (Å²) in [7, 11) is 0. The van der Waals surface area contributed by atoms with E-state index in [1.165, 1.54) is 48.6 Å². The van der Waals surface area contributed by atoms with E-state index in [9.17, 15) is 24.0 Å². The molecular formula is C23H19NO7. The fourth-order valence-corrected chi connectivity index (χ4v) is 2.26. The van der Waals surface area contributed by atoms with Crippen molar-refractivity contribution in [1.29, 1.82) is 0 Å². The zero-order valence-electron chi connectivity index (χ0n) is 16.4. The summed E-state index contributed by atoms with van der Waals surface area (Å²) in [6.07, 6.45) is 19.9. The molecule has 2 aliphatic rings. The van der Waals surface area contributed by atoms with Crippen molar-refractivity contribution in [1.82, 2.24) is 4.90 Å². The Kier molecular flexibility index (Phi) is 9.09. The van der Waals surface area contributed by atoms with Crippen LogP contribution in [0.1, 0.15) is 6.42 Å². The van der Waals surface area contributed by atoms with Gasteiger partial charge in [0.2, 0.25) is 5.78 Å². The third-order valence-corrected chi connectivity index (χ3v) is 3.70. The second-order valence-electron chi connectivity index (χ2n) is 5.94. The van der Waals surface area contributed by atoms with Crippen LogP contribution in [0.25, 0.3) is 0 Å². The first-order valence-corrected chi connectivity index (χ1v) is 9.16. The number of ketones is 2. The van der Waals surface area contributed by atoms with Gasteiger partial charge in [0.1, 0.15) is 5.70 Å². The zero-order chi connectivity index (χ0) is 22.5. The molecule has 0 saturated heterocycles. The van der Waals surface area contributed by atoms with E-state index in [0.717, 1.165) is 29.6 Å². The standard InChI is InChI=1S/C23H19NO7/c25-18-10-2-1-8-16-30-21(27)14-4-3-13-20(26)22(28)24-15-7-5-12-19(24)23(29)31-17-9-6-11-18/h1-9,11-14,16-17H,10,15H2/b2-1-,11-6-,13-3-,14-4-,16-8-,17-9-. The van der Waals surface area contributed by atoms with Gasteiger partial charge in [0.25, 0.3) is 5.91 Å². The number of hydrogen-bond donors (Lipinski definition) is 0. The highest BCUT2D eigenvalue weighted by Gasteiger charge is 2.28. The molecule has 0 radical (unpaired) electrons. The van der Waals surface area contributed by atoms with Gasteiger partial charge >= 0.3 is 11.9 Å². The highest BCUT2D eigenvalue weighted by atomic mass is 16.5. The number of fused-ring (bicyclic) bond motifs is 1. The van der Waals surface area contributed by atoms with Crippen LogP contribution in [0.15, 0.2) is 97.2 Å². The van der Waals surface area contributed by atoms with Crippen LogP contribution in [-0.4, -0.2) is 40.9 Å². The van der Waals surface area contributed by atoms with Crippen LogP contribution in [-0.2, 0) is 33.4 Å². The lowest BCUT2D eigenvalue weighted by Crippen LogP contribution is -2.39. The molecule has 0 aromatic rings. The zero-order valence-corrected chi connectivity index (χ0v) is 16.4. The first-order valence-electron chi connectivity index (χ1n) is 9.16. The first-order chi connectivity index (χ1) is 15.0. The summed E-state index contributed by atoms with van der Waals surface area (Å²) in [5.41, 5.74) is -0.114. The predicted octanol–water partition coefficient (Wildman–Crippen LogP) is 2.15. The van der Waals surface area contributed by atoms with Gasteiger partial charge in [0.15, 0.2) is 5.78 Å². The lowest BCUT2D eigenvalue weighted by Gasteiger charge is -2.23. The molecule has 0 aromatic heterocycles. The van der Waals surface area contributed by atoms with E-state index in [1.807, 2.05) is 0 Å². The summed E-state index contributed by atoms with van der Waals surface area (Å²) in [6.45, 7) is 0.0134. The maximum Gasteiger partial charge on any atom is 0.359 e. The van der Waals surface area contributed by atoms with Crippen LogP contribution in [0.3, 0.4) is 0 Å². The third kappa shape index (κ3) is 7.90. The highest BCUT2D eigenvalue weighted by molar-refractivity contribution is 6.41. The van der Waals surface area contributed by atoms with E-state index in [4.69, 9.17) is 9.47 Å². The molecule has 2 rings (SSSR count). The quantitative estimate of drug-likeness (QED) is 0.436. The number of carbonyl (C=O) groups is 5. The van der Waals surface area contributed by atoms with Crippen molar-refractivity contribution in [2.75, 3.05) is 6.54 Å². The minimum atomic E-state index is -0.939. The molecular weight excluding hydrogens is 402 g/mol. The fraction of sp³-hybridized carbons (Fsp3) is 0.0870. The third-order valence-electron chi connectivity index (χ3n) is 3.70. The molecule has 0 spiro atoms. The van der Waals surface area contributed by atoms with Gasteiger partial charge in [-0.15, -0.1) is 0 Å².